The summed E-state index contributed by atoms with van der Waals surface area (Å²) in [6.07, 6.45) is 0.640. The highest BCUT2D eigenvalue weighted by molar-refractivity contribution is 7.71. The molecular formula is C14H10N2O2S2. The van der Waals surface area contributed by atoms with Crippen molar-refractivity contribution in [3.05, 3.63) is 57.3 Å². The zero-order chi connectivity index (χ0) is 14.1. The number of nitrogens with zero attached hydrogens (tertiary/aromatic N) is 1. The number of aromatic amines is 1. The lowest BCUT2D eigenvalue weighted by Crippen LogP contribution is -1.96. The summed E-state index contributed by atoms with van der Waals surface area (Å²) in [6, 6.07) is 11.5. The van der Waals surface area contributed by atoms with Crippen LogP contribution in [0.2, 0.25) is 0 Å². The van der Waals surface area contributed by atoms with E-state index >= 15 is 0 Å². The molecule has 0 bridgehead atoms. The topological polar surface area (TPSA) is 66.0 Å². The van der Waals surface area contributed by atoms with Gasteiger partial charge in [0.05, 0.1) is 0 Å². The van der Waals surface area contributed by atoms with E-state index in [-0.39, 0.29) is 4.88 Å². The van der Waals surface area contributed by atoms with Gasteiger partial charge >= 0.3 is 5.97 Å². The third-order valence-corrected chi connectivity index (χ3v) is 4.22. The second-order valence-corrected chi connectivity index (χ2v) is 5.75. The van der Waals surface area contributed by atoms with E-state index in [1.54, 1.807) is 6.07 Å². The van der Waals surface area contributed by atoms with Crippen LogP contribution in [-0.2, 0) is 6.42 Å². The number of hydrogen-bond donors (Lipinski definition) is 2. The molecular weight excluding hydrogens is 292 g/mol. The van der Waals surface area contributed by atoms with Crippen LogP contribution < -0.4 is 0 Å². The standard InChI is InChI=1S/C14H10N2O2S2/c17-14(18)10-7-9-12(19)15-11(16-13(9)20-10)6-8-4-2-1-3-5-8/h1-5,7H,6H2,(H,17,18)(H,15,16,19). The van der Waals surface area contributed by atoms with E-state index in [0.717, 1.165) is 22.7 Å². The number of hydrogen-bond acceptors (Lipinski definition) is 4. The first kappa shape index (κ1) is 13.0. The van der Waals surface area contributed by atoms with Gasteiger partial charge in [-0.15, -0.1) is 11.3 Å². The number of nitrogens with one attached hydrogen (secondary N) is 1. The lowest BCUT2D eigenvalue weighted by Gasteiger charge is -2.01. The Morgan fingerprint density at radius 3 is 2.80 bits per heavy atom. The van der Waals surface area contributed by atoms with E-state index < -0.39 is 5.97 Å². The Hall–Kier alpha value is -2.05. The highest BCUT2D eigenvalue weighted by atomic mass is 32.1. The highest BCUT2D eigenvalue weighted by Gasteiger charge is 2.11. The number of carboxylic acid groups (broad SMARTS) is 1. The van der Waals surface area contributed by atoms with Crippen molar-refractivity contribution in [2.24, 2.45) is 0 Å². The molecule has 0 aliphatic heterocycles. The molecule has 0 fully saturated rings. The van der Waals surface area contributed by atoms with Gasteiger partial charge in [0.2, 0.25) is 0 Å². The summed E-state index contributed by atoms with van der Waals surface area (Å²) in [7, 11) is 0. The predicted molar refractivity (Wildman–Crippen MR) is 81.0 cm³/mol. The summed E-state index contributed by atoms with van der Waals surface area (Å²) in [6.45, 7) is 0. The number of rotatable bonds is 3. The molecule has 0 spiro atoms. The lowest BCUT2D eigenvalue weighted by atomic mass is 10.1. The second kappa shape index (κ2) is 5.15. The lowest BCUT2D eigenvalue weighted by molar-refractivity contribution is 0.0702. The summed E-state index contributed by atoms with van der Waals surface area (Å²) in [5.41, 5.74) is 1.13. The molecule has 2 N–H and O–H groups in total. The van der Waals surface area contributed by atoms with Gasteiger partial charge in [0.1, 0.15) is 20.2 Å². The van der Waals surface area contributed by atoms with Gasteiger partial charge in [-0.2, -0.15) is 0 Å². The molecule has 0 radical (unpaired) electrons. The smallest absolute Gasteiger partial charge is 0.345 e. The third kappa shape index (κ3) is 2.48. The van der Waals surface area contributed by atoms with Crippen molar-refractivity contribution < 1.29 is 9.90 Å². The maximum Gasteiger partial charge on any atom is 0.345 e. The van der Waals surface area contributed by atoms with Gasteiger partial charge in [-0.05, 0) is 11.6 Å². The van der Waals surface area contributed by atoms with E-state index in [1.165, 1.54) is 0 Å². The Labute approximate surface area is 123 Å². The molecule has 0 unspecified atom stereocenters. The average molecular weight is 302 g/mol. The van der Waals surface area contributed by atoms with Crippen molar-refractivity contribution in [1.82, 2.24) is 9.97 Å². The maximum absolute atomic E-state index is 11.0. The molecule has 4 nitrogen and oxygen atoms in total. The van der Waals surface area contributed by atoms with Crippen LogP contribution in [0.15, 0.2) is 36.4 Å². The minimum Gasteiger partial charge on any atom is -0.477 e. The van der Waals surface area contributed by atoms with E-state index in [2.05, 4.69) is 9.97 Å². The Kier molecular flexibility index (Phi) is 3.33. The van der Waals surface area contributed by atoms with Gasteiger partial charge in [0.15, 0.2) is 0 Å². The minimum atomic E-state index is -0.952. The number of carbonyl (C=O) groups is 1. The molecule has 0 amide bonds. The van der Waals surface area contributed by atoms with Crippen LogP contribution in [0.4, 0.5) is 0 Å². The quantitative estimate of drug-likeness (QED) is 0.725. The largest absolute Gasteiger partial charge is 0.477 e. The zero-order valence-corrected chi connectivity index (χ0v) is 11.9. The number of carboxylic acids is 1. The molecule has 6 heteroatoms. The summed E-state index contributed by atoms with van der Waals surface area (Å²) in [4.78, 5) is 19.4. The van der Waals surface area contributed by atoms with Gasteiger partial charge in [-0.3, -0.25) is 0 Å². The van der Waals surface area contributed by atoms with E-state index in [4.69, 9.17) is 17.3 Å². The molecule has 100 valence electrons. The van der Waals surface area contributed by atoms with Crippen molar-refractivity contribution >= 4 is 39.7 Å². The Morgan fingerprint density at radius 2 is 2.10 bits per heavy atom. The maximum atomic E-state index is 11.0. The van der Waals surface area contributed by atoms with E-state index in [9.17, 15) is 4.79 Å². The number of aromatic nitrogens is 2. The molecule has 0 aliphatic carbocycles. The van der Waals surface area contributed by atoms with Crippen molar-refractivity contribution in [2.75, 3.05) is 0 Å². The van der Waals surface area contributed by atoms with Gasteiger partial charge < -0.3 is 10.1 Å². The van der Waals surface area contributed by atoms with Crippen LogP contribution in [0.5, 0.6) is 0 Å². The average Bonchev–Trinajstić information content (AvgIpc) is 2.84. The minimum absolute atomic E-state index is 0.254. The molecule has 1 aromatic carbocycles. The van der Waals surface area contributed by atoms with Crippen LogP contribution in [0.25, 0.3) is 10.2 Å². The summed E-state index contributed by atoms with van der Waals surface area (Å²) < 4.78 is 0.532. The van der Waals surface area contributed by atoms with Gasteiger partial charge in [0, 0.05) is 11.8 Å². The van der Waals surface area contributed by atoms with Crippen LogP contribution in [0, 0.1) is 4.64 Å². The molecule has 3 rings (SSSR count). The van der Waals surface area contributed by atoms with E-state index in [0.29, 0.717) is 21.3 Å². The summed E-state index contributed by atoms with van der Waals surface area (Å²) >= 11 is 6.42. The first-order chi connectivity index (χ1) is 9.63. The van der Waals surface area contributed by atoms with Crippen LogP contribution in [0.1, 0.15) is 21.1 Å². The zero-order valence-electron chi connectivity index (χ0n) is 10.3. The third-order valence-electron chi connectivity index (χ3n) is 2.88. The molecule has 20 heavy (non-hydrogen) atoms. The van der Waals surface area contributed by atoms with Gasteiger partial charge in [0.25, 0.3) is 0 Å². The van der Waals surface area contributed by atoms with Crippen LogP contribution in [-0.4, -0.2) is 21.0 Å². The molecule has 3 aromatic rings. The molecule has 2 heterocycles. The number of fused-ring (bicyclic) bond motifs is 1. The molecule has 0 atom stereocenters. The number of aromatic carboxylic acids is 1. The van der Waals surface area contributed by atoms with Gasteiger partial charge in [-0.1, -0.05) is 42.5 Å². The van der Waals surface area contributed by atoms with Gasteiger partial charge in [-0.25, -0.2) is 9.78 Å². The monoisotopic (exact) mass is 302 g/mol. The Balaban J connectivity index is 2.05. The molecule has 0 saturated heterocycles. The number of thiophene rings is 1. The number of H-pyrrole nitrogens is 1. The van der Waals surface area contributed by atoms with E-state index in [1.807, 2.05) is 30.3 Å². The molecule has 0 saturated carbocycles. The SMILES string of the molecule is O=C(O)c1cc2c(=S)[nH]c(Cc3ccccc3)nc2s1. The Bertz CT molecular complexity index is 837. The fourth-order valence-electron chi connectivity index (χ4n) is 1.95. The first-order valence-corrected chi connectivity index (χ1v) is 7.16. The summed E-state index contributed by atoms with van der Waals surface area (Å²) in [5, 5.41) is 9.71. The van der Waals surface area contributed by atoms with Crippen molar-refractivity contribution in [1.29, 1.82) is 0 Å². The first-order valence-electron chi connectivity index (χ1n) is 5.93. The normalized spacial score (nSPS) is 10.8. The second-order valence-electron chi connectivity index (χ2n) is 4.31. The molecule has 2 aromatic heterocycles. The van der Waals surface area contributed by atoms with Crippen molar-refractivity contribution in [2.45, 2.75) is 6.42 Å². The summed E-state index contributed by atoms with van der Waals surface area (Å²) in [5.74, 6) is -0.209. The fraction of sp³-hybridized carbons (Fsp3) is 0.0714. The highest BCUT2D eigenvalue weighted by Crippen LogP contribution is 2.24. The van der Waals surface area contributed by atoms with Crippen LogP contribution in [0.3, 0.4) is 0 Å². The molecule has 0 aliphatic rings. The van der Waals surface area contributed by atoms with Crippen molar-refractivity contribution in [3.63, 3.8) is 0 Å². The number of benzene rings is 1. The van der Waals surface area contributed by atoms with Crippen molar-refractivity contribution in [3.8, 4) is 0 Å². The fourth-order valence-corrected chi connectivity index (χ4v) is 3.19. The predicted octanol–water partition coefficient (Wildman–Crippen LogP) is 3.64. The Morgan fingerprint density at radius 1 is 1.35 bits per heavy atom. The van der Waals surface area contributed by atoms with Crippen LogP contribution >= 0.6 is 23.6 Å².